The van der Waals surface area contributed by atoms with Crippen molar-refractivity contribution in [3.63, 3.8) is 0 Å². The molecule has 0 radical (unpaired) electrons. The maximum atomic E-state index is 9.52. The Kier molecular flexibility index (Phi) is 7.98. The lowest BCUT2D eigenvalue weighted by Crippen LogP contribution is -2.32. The van der Waals surface area contributed by atoms with E-state index in [1.807, 2.05) is 91.1 Å². The molecule has 0 saturated carbocycles. The Labute approximate surface area is 236 Å². The lowest BCUT2D eigenvalue weighted by Gasteiger charge is -2.26. The number of aliphatic imine (C=N–C) groups is 1. The van der Waals surface area contributed by atoms with E-state index in [-0.39, 0.29) is 23.0 Å². The Bertz CT molecular complexity index is 1640. The maximum Gasteiger partial charge on any atom is 0.211 e. The van der Waals surface area contributed by atoms with Gasteiger partial charge in [-0.05, 0) is 47.5 Å². The highest BCUT2D eigenvalue weighted by Crippen LogP contribution is 2.41. The summed E-state index contributed by atoms with van der Waals surface area (Å²) in [5.41, 5.74) is 14.8. The molecule has 0 amide bonds. The van der Waals surface area contributed by atoms with Crippen molar-refractivity contribution in [2.45, 2.75) is 12.6 Å². The Balaban J connectivity index is 1.22. The minimum absolute atomic E-state index is 0.0142. The number of benzene rings is 3. The van der Waals surface area contributed by atoms with Gasteiger partial charge in [0.05, 0.1) is 5.69 Å². The second-order valence-electron chi connectivity index (χ2n) is 8.92. The zero-order valence-electron chi connectivity index (χ0n) is 21.9. The van der Waals surface area contributed by atoms with E-state index < -0.39 is 6.04 Å². The van der Waals surface area contributed by atoms with Crippen molar-refractivity contribution in [1.82, 2.24) is 10.3 Å². The van der Waals surface area contributed by atoms with Crippen LogP contribution in [0.25, 0.3) is 0 Å². The van der Waals surface area contributed by atoms with Crippen molar-refractivity contribution in [3.8, 4) is 29.5 Å². The monoisotopic (exact) mass is 546 g/mol. The van der Waals surface area contributed by atoms with E-state index in [4.69, 9.17) is 30.9 Å². The third kappa shape index (κ3) is 6.21. The number of hydrogen-bond donors (Lipinski definition) is 4. The lowest BCUT2D eigenvalue weighted by molar-refractivity contribution is 0.216. The minimum Gasteiger partial charge on any atom is -0.490 e. The molecule has 2 heterocycles. The molecule has 11 nitrogen and oxygen atoms in total. The van der Waals surface area contributed by atoms with E-state index in [0.717, 1.165) is 16.9 Å². The van der Waals surface area contributed by atoms with E-state index in [1.54, 1.807) is 0 Å². The smallest absolute Gasteiger partial charge is 0.211 e. The van der Waals surface area contributed by atoms with Crippen molar-refractivity contribution in [2.24, 2.45) is 4.99 Å². The zero-order valence-corrected chi connectivity index (χ0v) is 21.9. The van der Waals surface area contributed by atoms with Gasteiger partial charge in [0.15, 0.2) is 6.19 Å². The van der Waals surface area contributed by atoms with E-state index in [1.165, 1.54) is 0 Å². The summed E-state index contributed by atoms with van der Waals surface area (Å²) in [5, 5.41) is 24.0. The normalized spacial score (nSPS) is 13.4. The predicted molar refractivity (Wildman–Crippen MR) is 154 cm³/mol. The van der Waals surface area contributed by atoms with E-state index in [0.29, 0.717) is 42.7 Å². The molecule has 0 aliphatic carbocycles. The summed E-state index contributed by atoms with van der Waals surface area (Å²) in [6, 6.07) is 26.0. The fourth-order valence-corrected chi connectivity index (χ4v) is 4.29. The van der Waals surface area contributed by atoms with Gasteiger partial charge in [-0.25, -0.2) is 9.98 Å². The first-order valence-electron chi connectivity index (χ1n) is 12.7. The van der Waals surface area contributed by atoms with Gasteiger partial charge < -0.3 is 31.0 Å². The molecular weight excluding hydrogens is 520 g/mol. The van der Waals surface area contributed by atoms with Crippen molar-refractivity contribution in [1.29, 1.82) is 10.5 Å². The van der Waals surface area contributed by atoms with Crippen LogP contribution in [0.5, 0.6) is 17.2 Å². The number of aromatic nitrogens is 1. The fourth-order valence-electron chi connectivity index (χ4n) is 4.29. The molecule has 11 heteroatoms. The number of hydrogen-bond acceptors (Lipinski definition) is 11. The summed E-state index contributed by atoms with van der Waals surface area (Å²) in [4.78, 5) is 8.85. The summed E-state index contributed by atoms with van der Waals surface area (Å²) in [7, 11) is 0. The molecule has 6 N–H and O–H groups in total. The van der Waals surface area contributed by atoms with Gasteiger partial charge in [0.1, 0.15) is 66.4 Å². The molecule has 0 fully saturated rings. The molecule has 0 bridgehead atoms. The third-order valence-corrected chi connectivity index (χ3v) is 6.22. The van der Waals surface area contributed by atoms with Gasteiger partial charge in [0.2, 0.25) is 5.96 Å². The van der Waals surface area contributed by atoms with Crippen molar-refractivity contribution >= 4 is 23.3 Å². The second-order valence-corrected chi connectivity index (χ2v) is 8.92. The highest BCUT2D eigenvalue weighted by atomic mass is 16.5. The molecule has 4 aromatic rings. The summed E-state index contributed by atoms with van der Waals surface area (Å²) in [6.45, 7) is 1.11. The maximum absolute atomic E-state index is 9.52. The first kappa shape index (κ1) is 26.7. The average Bonchev–Trinajstić information content (AvgIpc) is 2.99. The molecule has 1 aromatic heterocycles. The number of fused-ring (bicyclic) bond motifs is 1. The number of anilines is 3. The largest absolute Gasteiger partial charge is 0.490 e. The van der Waals surface area contributed by atoms with Gasteiger partial charge in [0.25, 0.3) is 0 Å². The molecule has 41 heavy (non-hydrogen) atoms. The van der Waals surface area contributed by atoms with E-state index >= 15 is 0 Å². The van der Waals surface area contributed by atoms with Crippen molar-refractivity contribution < 1.29 is 14.2 Å². The van der Waals surface area contributed by atoms with Gasteiger partial charge in [-0.2, -0.15) is 10.5 Å². The Morgan fingerprint density at radius 3 is 2.27 bits per heavy atom. The highest BCUT2D eigenvalue weighted by molar-refractivity contribution is 5.98. The molecule has 1 aliphatic heterocycles. The van der Waals surface area contributed by atoms with Crippen LogP contribution in [0.3, 0.4) is 0 Å². The van der Waals surface area contributed by atoms with Gasteiger partial charge in [0, 0.05) is 5.56 Å². The van der Waals surface area contributed by atoms with E-state index in [9.17, 15) is 5.26 Å². The SMILES string of the molecule is N#CNC1=NC(c2cccc(OCCOc3ccc(OCc4ccccc4)cc3)c2)c2c(nc(N)c(C#N)c2N)N1. The minimum atomic E-state index is -0.662. The van der Waals surface area contributed by atoms with Crippen LogP contribution in [0, 0.1) is 22.8 Å². The standard InChI is InChI=1S/C30H26N8O3/c31-16-24-26(33)25-27(36-30(35-18-32)38-29(25)37-28(24)34)20-7-4-8-23(15-20)40-14-13-39-21-9-11-22(12-10-21)41-17-19-5-2-1-3-6-19/h1-12,15,27H,13-14,17H2,(H6,33,34,35,36,37,38). The van der Waals surface area contributed by atoms with Crippen LogP contribution in [0.4, 0.5) is 17.3 Å². The molecule has 5 rings (SSSR count). The summed E-state index contributed by atoms with van der Waals surface area (Å²) in [6.07, 6.45) is 1.84. The molecule has 204 valence electrons. The van der Waals surface area contributed by atoms with Crippen LogP contribution in [-0.4, -0.2) is 24.2 Å². The molecule has 0 spiro atoms. The molecule has 0 saturated heterocycles. The summed E-state index contributed by atoms with van der Waals surface area (Å²) < 4.78 is 17.6. The summed E-state index contributed by atoms with van der Waals surface area (Å²) in [5.74, 6) is 2.52. The van der Waals surface area contributed by atoms with Gasteiger partial charge in [-0.3, -0.25) is 5.32 Å². The number of nitriles is 2. The van der Waals surface area contributed by atoms with Crippen LogP contribution < -0.4 is 36.3 Å². The van der Waals surface area contributed by atoms with Crippen LogP contribution in [0.2, 0.25) is 0 Å². The number of nitrogens with zero attached hydrogens (tertiary/aromatic N) is 4. The quantitative estimate of drug-likeness (QED) is 0.136. The number of nitrogens with one attached hydrogen (secondary N) is 2. The van der Waals surface area contributed by atoms with Crippen LogP contribution in [0.15, 0.2) is 83.9 Å². The number of nitrogens with two attached hydrogens (primary N) is 2. The molecule has 3 aromatic carbocycles. The molecule has 1 unspecified atom stereocenters. The number of nitrogen functional groups attached to an aromatic ring is 2. The molecular formula is C30H26N8O3. The number of rotatable bonds is 9. The number of pyridine rings is 1. The van der Waals surface area contributed by atoms with Crippen LogP contribution in [0.1, 0.15) is 28.3 Å². The highest BCUT2D eigenvalue weighted by Gasteiger charge is 2.29. The molecule has 1 atom stereocenters. The lowest BCUT2D eigenvalue weighted by atomic mass is 9.95. The summed E-state index contributed by atoms with van der Waals surface area (Å²) >= 11 is 0. The Morgan fingerprint density at radius 2 is 1.56 bits per heavy atom. The zero-order chi connectivity index (χ0) is 28.6. The fraction of sp³-hybridized carbons (Fsp3) is 0.133. The number of guanidine groups is 1. The Morgan fingerprint density at radius 1 is 0.854 bits per heavy atom. The average molecular weight is 547 g/mol. The topological polar surface area (TPSA) is 177 Å². The van der Waals surface area contributed by atoms with Crippen molar-refractivity contribution in [3.05, 3.63) is 101 Å². The number of ether oxygens (including phenoxy) is 3. The predicted octanol–water partition coefficient (Wildman–Crippen LogP) is 4.10. The van der Waals surface area contributed by atoms with Crippen molar-refractivity contribution in [2.75, 3.05) is 30.0 Å². The van der Waals surface area contributed by atoms with E-state index in [2.05, 4.69) is 20.6 Å². The van der Waals surface area contributed by atoms with Gasteiger partial charge in [-0.1, -0.05) is 42.5 Å². The van der Waals surface area contributed by atoms with Crippen LogP contribution >= 0.6 is 0 Å². The van der Waals surface area contributed by atoms with Gasteiger partial charge in [-0.15, -0.1) is 0 Å². The third-order valence-electron chi connectivity index (χ3n) is 6.22. The Hall–Kier alpha value is -5.94. The molecule has 1 aliphatic rings. The first-order valence-corrected chi connectivity index (χ1v) is 12.7. The van der Waals surface area contributed by atoms with Gasteiger partial charge >= 0.3 is 0 Å². The van der Waals surface area contributed by atoms with Crippen LogP contribution in [-0.2, 0) is 6.61 Å². The second kappa shape index (κ2) is 12.3. The first-order chi connectivity index (χ1) is 20.1.